The van der Waals surface area contributed by atoms with Gasteiger partial charge in [-0.15, -0.1) is 0 Å². The summed E-state index contributed by atoms with van der Waals surface area (Å²) in [7, 11) is 0. The second-order valence-corrected chi connectivity index (χ2v) is 23.1. The van der Waals surface area contributed by atoms with Crippen LogP contribution >= 0.6 is 0 Å². The van der Waals surface area contributed by atoms with E-state index in [0.717, 1.165) is 137 Å². The first-order chi connectivity index (χ1) is 51.1. The smallest absolute Gasteiger partial charge is 0.118 e. The van der Waals surface area contributed by atoms with Crippen LogP contribution in [-0.2, 0) is 58.4 Å². The van der Waals surface area contributed by atoms with Crippen molar-refractivity contribution in [1.82, 2.24) is 89.7 Å². The van der Waals surface area contributed by atoms with Crippen molar-refractivity contribution < 1.29 is 58.4 Å². The molecule has 0 radical (unpaired) electrons. The number of benzene rings is 6. The fourth-order valence-corrected chi connectivity index (χ4v) is 11.8. The Morgan fingerprint density at radius 1 is 0.160 bits per heavy atom. The average Bonchev–Trinajstić information content (AvgIpc) is 0.812. The minimum atomic E-state index is 0. The molecule has 512 valence electrons. The first kappa shape index (κ1) is 73.1. The van der Waals surface area contributed by atoms with Crippen LogP contribution in [0.4, 0.5) is 0 Å². The van der Waals surface area contributed by atoms with Gasteiger partial charge in [-0.3, -0.25) is 89.7 Å². The molecule has 106 heavy (non-hydrogen) atoms. The van der Waals surface area contributed by atoms with E-state index in [1.165, 1.54) is 0 Å². The van der Waals surface area contributed by atoms with Crippen LogP contribution in [0.1, 0.15) is 5.69 Å². The van der Waals surface area contributed by atoms with Crippen molar-refractivity contribution in [2.24, 2.45) is 0 Å². The maximum Gasteiger partial charge on any atom is 0.118 e. The van der Waals surface area contributed by atoms with Crippen molar-refractivity contribution in [3.63, 3.8) is 0 Å². The minimum Gasteiger partial charge on any atom is -0.261 e. The summed E-state index contributed by atoms with van der Waals surface area (Å²) in [6.07, 6.45) is 33.1. The van der Waals surface area contributed by atoms with E-state index in [2.05, 4.69) is 235 Å². The molecule has 0 aliphatic heterocycles. The third-order valence-corrected chi connectivity index (χ3v) is 16.7. The van der Waals surface area contributed by atoms with E-state index in [1.54, 1.807) is 118 Å². The van der Waals surface area contributed by atoms with E-state index in [0.29, 0.717) is 22.8 Å². The predicted octanol–water partition coefficient (Wildman–Crippen LogP) is 18.4. The normalized spacial score (nSPS) is 10.5. The van der Waals surface area contributed by atoms with Gasteiger partial charge in [-0.2, -0.15) is 0 Å². The molecule has 0 spiro atoms. The Hall–Kier alpha value is -12.6. The van der Waals surface area contributed by atoms with Crippen LogP contribution in [0.15, 0.2) is 336 Å². The molecule has 21 rings (SSSR count). The molecule has 0 unspecified atom stereocenters. The molecule has 0 atom stereocenters. The number of fused-ring (bicyclic) bond motifs is 18. The van der Waals surface area contributed by atoms with Gasteiger partial charge in [0.25, 0.3) is 0 Å². The van der Waals surface area contributed by atoms with Crippen LogP contribution in [0.2, 0.25) is 0 Å². The van der Waals surface area contributed by atoms with E-state index in [1.807, 2.05) is 79.7 Å². The molecular formula is C85H58N18Ru3. The molecule has 15 heterocycles. The fraction of sp³-hybridized carbons (Fsp3) is 0.0118. The van der Waals surface area contributed by atoms with Crippen molar-refractivity contribution >= 4 is 131 Å². The molecule has 0 fully saturated rings. The number of hydrogen-bond donors (Lipinski definition) is 0. The Kier molecular flexibility index (Phi) is 24.5. The number of aromatic nitrogens is 18. The average molecular weight is 1630 g/mol. The second-order valence-electron chi connectivity index (χ2n) is 23.1. The van der Waals surface area contributed by atoms with E-state index in [4.69, 9.17) is 0 Å². The van der Waals surface area contributed by atoms with Crippen molar-refractivity contribution in [1.29, 1.82) is 0 Å². The summed E-state index contributed by atoms with van der Waals surface area (Å²) in [6, 6.07) is 72.8. The molecule has 15 aromatic heterocycles. The molecular weight excluding hydrogens is 1580 g/mol. The zero-order valence-electron chi connectivity index (χ0n) is 56.4. The Labute approximate surface area is 645 Å². The molecule has 0 N–H and O–H groups in total. The van der Waals surface area contributed by atoms with Crippen molar-refractivity contribution in [3.8, 4) is 22.8 Å². The monoisotopic (exact) mass is 1640 g/mol. The Morgan fingerprint density at radius 2 is 0.340 bits per heavy atom. The predicted molar refractivity (Wildman–Crippen MR) is 411 cm³/mol. The SMILES string of the molecule is Cc1nccnc1-c1nccnc1-c1cnccn1.[Ru].[Ru].[Ru].c1cnc2c(c1)ccc1cccnc12.c1cnc2c(c1)ccc1cccnc12.c1cnc2c(c1)ccc1cccnc12.c1cnc2c(c1)ccc1cccnc12.c1cnc2c(c1)ccc1cccnc12.c1cnc2c(c1)ccc1cccnc12. The van der Waals surface area contributed by atoms with Gasteiger partial charge < -0.3 is 0 Å². The molecule has 6 aromatic carbocycles. The number of nitrogens with zero attached hydrogens (tertiary/aromatic N) is 18. The molecule has 21 aromatic rings. The van der Waals surface area contributed by atoms with Crippen molar-refractivity contribution in [3.05, 3.63) is 342 Å². The number of hydrogen-bond acceptors (Lipinski definition) is 18. The molecule has 21 heteroatoms. The van der Waals surface area contributed by atoms with E-state index in [-0.39, 0.29) is 58.4 Å². The van der Waals surface area contributed by atoms with Crippen molar-refractivity contribution in [2.45, 2.75) is 6.92 Å². The zero-order chi connectivity index (χ0) is 69.4. The number of aryl methyl sites for hydroxylation is 1. The summed E-state index contributed by atoms with van der Waals surface area (Å²) < 4.78 is 0. The molecule has 0 saturated carbocycles. The Morgan fingerprint density at radius 3 is 0.528 bits per heavy atom. The number of rotatable bonds is 2. The summed E-state index contributed by atoms with van der Waals surface area (Å²) in [6.45, 7) is 1.89. The van der Waals surface area contributed by atoms with Gasteiger partial charge in [-0.1, -0.05) is 146 Å². The van der Waals surface area contributed by atoms with Gasteiger partial charge in [0.1, 0.15) is 22.8 Å². The summed E-state index contributed by atoms with van der Waals surface area (Å²) >= 11 is 0. The van der Waals surface area contributed by atoms with Gasteiger partial charge >= 0.3 is 0 Å². The molecule has 18 nitrogen and oxygen atoms in total. The van der Waals surface area contributed by atoms with Crippen LogP contribution in [0.5, 0.6) is 0 Å². The summed E-state index contributed by atoms with van der Waals surface area (Å²) in [4.78, 5) is 77.7. The van der Waals surface area contributed by atoms with Gasteiger partial charge in [0, 0.05) is 235 Å². The topological polar surface area (TPSA) is 232 Å². The Bertz CT molecular complexity index is 5360. The molecule has 0 bridgehead atoms. The van der Waals surface area contributed by atoms with Gasteiger partial charge in [0.05, 0.1) is 78.1 Å². The van der Waals surface area contributed by atoms with Crippen LogP contribution < -0.4 is 0 Å². The molecule has 0 aliphatic rings. The van der Waals surface area contributed by atoms with Crippen LogP contribution in [0, 0.1) is 6.92 Å². The molecule has 0 amide bonds. The van der Waals surface area contributed by atoms with Gasteiger partial charge in [-0.25, -0.2) is 0 Å². The number of pyridine rings is 12. The van der Waals surface area contributed by atoms with Crippen LogP contribution in [0.3, 0.4) is 0 Å². The Balaban J connectivity index is 0.000000116. The van der Waals surface area contributed by atoms with Crippen molar-refractivity contribution in [2.75, 3.05) is 0 Å². The molecule has 0 saturated heterocycles. The maximum absolute atomic E-state index is 4.35. The van der Waals surface area contributed by atoms with Gasteiger partial charge in [0.15, 0.2) is 0 Å². The quantitative estimate of drug-likeness (QED) is 0.116. The van der Waals surface area contributed by atoms with Crippen LogP contribution in [0.25, 0.3) is 154 Å². The summed E-state index contributed by atoms with van der Waals surface area (Å²) in [5, 5.41) is 13.7. The van der Waals surface area contributed by atoms with Crippen LogP contribution in [-0.4, -0.2) is 89.7 Å². The van der Waals surface area contributed by atoms with E-state index in [9.17, 15) is 0 Å². The first-order valence-electron chi connectivity index (χ1n) is 32.9. The fourth-order valence-electron chi connectivity index (χ4n) is 11.8. The molecule has 0 aliphatic carbocycles. The summed E-state index contributed by atoms with van der Waals surface area (Å²) in [5.74, 6) is 0. The third-order valence-electron chi connectivity index (χ3n) is 16.7. The minimum absolute atomic E-state index is 0. The van der Waals surface area contributed by atoms with E-state index >= 15 is 0 Å². The maximum atomic E-state index is 4.35. The largest absolute Gasteiger partial charge is 0.261 e. The summed E-state index contributed by atoms with van der Waals surface area (Å²) in [5.41, 5.74) is 15.2. The zero-order valence-corrected chi connectivity index (χ0v) is 61.6. The third kappa shape index (κ3) is 16.7. The second kappa shape index (κ2) is 35.5. The van der Waals surface area contributed by atoms with E-state index < -0.39 is 0 Å². The standard InChI is InChI=1S/C13H10N6.6C12H8N2.3Ru/c1-9-11(17-5-4-15-9)13-12(18-6-7-19-13)10-8-14-2-3-16-10;6*1-3-9-5-6-10-4-2-8-14-12(10)11(9)13-7-1;;;/h2-8H,1H3;6*1-8H;;;. The first-order valence-corrected chi connectivity index (χ1v) is 32.9. The van der Waals surface area contributed by atoms with Gasteiger partial charge in [-0.05, 0) is 79.7 Å². The van der Waals surface area contributed by atoms with Gasteiger partial charge in [0.2, 0.25) is 0 Å².